The summed E-state index contributed by atoms with van der Waals surface area (Å²) in [5.41, 5.74) is 3.59. The van der Waals surface area contributed by atoms with Crippen LogP contribution in [0.5, 0.6) is 0 Å². The zero-order valence-electron chi connectivity index (χ0n) is 12.7. The molecule has 0 saturated carbocycles. The van der Waals surface area contributed by atoms with E-state index < -0.39 is 0 Å². The predicted octanol–water partition coefficient (Wildman–Crippen LogP) is 4.61. The van der Waals surface area contributed by atoms with Gasteiger partial charge in [-0.25, -0.2) is 0 Å². The summed E-state index contributed by atoms with van der Waals surface area (Å²) in [6, 6.07) is 17.3. The van der Waals surface area contributed by atoms with E-state index in [0.29, 0.717) is 11.5 Å². The molecule has 1 amide bonds. The van der Waals surface area contributed by atoms with Crippen molar-refractivity contribution in [2.45, 2.75) is 19.8 Å². The smallest absolute Gasteiger partial charge is 0.255 e. The molecule has 2 aromatic carbocycles. The largest absolute Gasteiger partial charge is 0.322 e. The first-order chi connectivity index (χ1) is 10.6. The van der Waals surface area contributed by atoms with E-state index in [0.717, 1.165) is 16.6 Å². The third-order valence-corrected chi connectivity index (χ3v) is 3.70. The topological polar surface area (TPSA) is 42.0 Å². The number of fused-ring (bicyclic) bond motifs is 1. The second kappa shape index (κ2) is 5.98. The van der Waals surface area contributed by atoms with Gasteiger partial charge in [-0.3, -0.25) is 9.78 Å². The van der Waals surface area contributed by atoms with E-state index in [1.807, 2.05) is 48.5 Å². The Morgan fingerprint density at radius 2 is 1.82 bits per heavy atom. The van der Waals surface area contributed by atoms with E-state index in [4.69, 9.17) is 0 Å². The summed E-state index contributed by atoms with van der Waals surface area (Å²) in [7, 11) is 0. The van der Waals surface area contributed by atoms with E-state index in [1.165, 1.54) is 5.56 Å². The first kappa shape index (κ1) is 14.3. The van der Waals surface area contributed by atoms with Crippen LogP contribution in [0.1, 0.15) is 35.7 Å². The normalized spacial score (nSPS) is 10.9. The molecule has 110 valence electrons. The van der Waals surface area contributed by atoms with Crippen LogP contribution in [0.25, 0.3) is 10.9 Å². The van der Waals surface area contributed by atoms with E-state index >= 15 is 0 Å². The molecule has 0 aliphatic heterocycles. The molecule has 0 fully saturated rings. The van der Waals surface area contributed by atoms with Gasteiger partial charge in [-0.1, -0.05) is 32.0 Å². The lowest BCUT2D eigenvalue weighted by Crippen LogP contribution is -2.11. The van der Waals surface area contributed by atoms with Crippen LogP contribution in [0.4, 0.5) is 5.69 Å². The van der Waals surface area contributed by atoms with Gasteiger partial charge in [0.2, 0.25) is 0 Å². The standard InChI is InChI=1S/C19H18N2O/c1-13(2)14-5-8-17(9-6-14)21-19(22)16-7-10-18-15(12-16)4-3-11-20-18/h3-13H,1-2H3,(H,21,22). The number of benzene rings is 2. The van der Waals surface area contributed by atoms with E-state index in [-0.39, 0.29) is 5.91 Å². The molecule has 1 heterocycles. The lowest BCUT2D eigenvalue weighted by atomic mass is 10.0. The third-order valence-electron chi connectivity index (χ3n) is 3.70. The van der Waals surface area contributed by atoms with Crippen molar-refractivity contribution < 1.29 is 4.79 Å². The first-order valence-electron chi connectivity index (χ1n) is 7.39. The van der Waals surface area contributed by atoms with Crippen LogP contribution in [-0.4, -0.2) is 10.9 Å². The highest BCUT2D eigenvalue weighted by atomic mass is 16.1. The number of carbonyl (C=O) groups is 1. The van der Waals surface area contributed by atoms with Crippen LogP contribution < -0.4 is 5.32 Å². The van der Waals surface area contributed by atoms with E-state index in [9.17, 15) is 4.79 Å². The Bertz CT molecular complexity index is 807. The van der Waals surface area contributed by atoms with Gasteiger partial charge in [0.1, 0.15) is 0 Å². The molecule has 0 radical (unpaired) electrons. The van der Waals surface area contributed by atoms with Gasteiger partial charge >= 0.3 is 0 Å². The Labute approximate surface area is 130 Å². The molecule has 1 N–H and O–H groups in total. The van der Waals surface area contributed by atoms with Gasteiger partial charge in [-0.15, -0.1) is 0 Å². The summed E-state index contributed by atoms with van der Waals surface area (Å²) in [6.45, 7) is 4.30. The molecule has 3 aromatic rings. The van der Waals surface area contributed by atoms with Crippen molar-refractivity contribution in [3.63, 3.8) is 0 Å². The number of nitrogens with zero attached hydrogens (tertiary/aromatic N) is 1. The van der Waals surface area contributed by atoms with Crippen LogP contribution in [0, 0.1) is 0 Å². The van der Waals surface area contributed by atoms with Gasteiger partial charge in [0.15, 0.2) is 0 Å². The van der Waals surface area contributed by atoms with Gasteiger partial charge in [0.05, 0.1) is 5.52 Å². The van der Waals surface area contributed by atoms with Gasteiger partial charge < -0.3 is 5.32 Å². The number of pyridine rings is 1. The average molecular weight is 290 g/mol. The molecule has 3 heteroatoms. The van der Waals surface area contributed by atoms with Crippen molar-refractivity contribution in [1.82, 2.24) is 4.98 Å². The molecule has 0 aliphatic rings. The molecule has 3 rings (SSSR count). The minimum atomic E-state index is -0.108. The fraction of sp³-hybridized carbons (Fsp3) is 0.158. The number of carbonyl (C=O) groups excluding carboxylic acids is 1. The van der Waals surface area contributed by atoms with Crippen LogP contribution in [0.2, 0.25) is 0 Å². The van der Waals surface area contributed by atoms with Crippen molar-refractivity contribution >= 4 is 22.5 Å². The maximum atomic E-state index is 12.3. The van der Waals surface area contributed by atoms with Crippen LogP contribution in [-0.2, 0) is 0 Å². The number of hydrogen-bond acceptors (Lipinski definition) is 2. The Balaban J connectivity index is 1.80. The minimum absolute atomic E-state index is 0.108. The summed E-state index contributed by atoms with van der Waals surface area (Å²) in [5.74, 6) is 0.376. The number of nitrogens with one attached hydrogen (secondary N) is 1. The fourth-order valence-electron chi connectivity index (χ4n) is 2.37. The second-order valence-corrected chi connectivity index (χ2v) is 5.64. The summed E-state index contributed by atoms with van der Waals surface area (Å²) in [5, 5.41) is 3.89. The number of aromatic nitrogens is 1. The van der Waals surface area contributed by atoms with E-state index in [2.05, 4.69) is 24.1 Å². The second-order valence-electron chi connectivity index (χ2n) is 5.64. The van der Waals surface area contributed by atoms with Crippen LogP contribution >= 0.6 is 0 Å². The summed E-state index contributed by atoms with van der Waals surface area (Å²) < 4.78 is 0. The lowest BCUT2D eigenvalue weighted by Gasteiger charge is -2.09. The van der Waals surface area contributed by atoms with Crippen molar-refractivity contribution in [2.75, 3.05) is 5.32 Å². The van der Waals surface area contributed by atoms with E-state index in [1.54, 1.807) is 12.3 Å². The van der Waals surface area contributed by atoms with Crippen molar-refractivity contribution in [1.29, 1.82) is 0 Å². The lowest BCUT2D eigenvalue weighted by molar-refractivity contribution is 0.102. The maximum absolute atomic E-state index is 12.3. The zero-order chi connectivity index (χ0) is 15.5. The predicted molar refractivity (Wildman–Crippen MR) is 90.2 cm³/mol. The summed E-state index contributed by atoms with van der Waals surface area (Å²) in [6.07, 6.45) is 1.75. The monoisotopic (exact) mass is 290 g/mol. The Kier molecular flexibility index (Phi) is 3.88. The highest BCUT2D eigenvalue weighted by Crippen LogP contribution is 2.18. The van der Waals surface area contributed by atoms with Gasteiger partial charge in [0.25, 0.3) is 5.91 Å². The number of anilines is 1. The molecule has 3 nitrogen and oxygen atoms in total. The maximum Gasteiger partial charge on any atom is 0.255 e. The summed E-state index contributed by atoms with van der Waals surface area (Å²) in [4.78, 5) is 16.6. The van der Waals surface area contributed by atoms with Crippen LogP contribution in [0.3, 0.4) is 0 Å². The highest BCUT2D eigenvalue weighted by Gasteiger charge is 2.07. The average Bonchev–Trinajstić information content (AvgIpc) is 2.55. The molecule has 1 aromatic heterocycles. The Morgan fingerprint density at radius 1 is 1.05 bits per heavy atom. The number of amides is 1. The van der Waals surface area contributed by atoms with Crippen molar-refractivity contribution in [2.24, 2.45) is 0 Å². The van der Waals surface area contributed by atoms with Crippen molar-refractivity contribution in [3.8, 4) is 0 Å². The highest BCUT2D eigenvalue weighted by molar-refractivity contribution is 6.06. The van der Waals surface area contributed by atoms with Crippen LogP contribution in [0.15, 0.2) is 60.8 Å². The fourth-order valence-corrected chi connectivity index (χ4v) is 2.37. The zero-order valence-corrected chi connectivity index (χ0v) is 12.7. The molecule has 0 saturated heterocycles. The molecule has 0 aliphatic carbocycles. The Hall–Kier alpha value is -2.68. The molecular formula is C19H18N2O. The van der Waals surface area contributed by atoms with Gasteiger partial charge in [-0.2, -0.15) is 0 Å². The minimum Gasteiger partial charge on any atom is -0.322 e. The molecule has 0 bridgehead atoms. The molecule has 0 atom stereocenters. The molecule has 22 heavy (non-hydrogen) atoms. The quantitative estimate of drug-likeness (QED) is 0.765. The summed E-state index contributed by atoms with van der Waals surface area (Å²) >= 11 is 0. The number of rotatable bonds is 3. The molecular weight excluding hydrogens is 272 g/mol. The van der Waals surface area contributed by atoms with Crippen molar-refractivity contribution in [3.05, 3.63) is 71.9 Å². The SMILES string of the molecule is CC(C)c1ccc(NC(=O)c2ccc3ncccc3c2)cc1. The Morgan fingerprint density at radius 3 is 2.55 bits per heavy atom. The molecule has 0 spiro atoms. The van der Waals surface area contributed by atoms with Gasteiger partial charge in [0, 0.05) is 22.8 Å². The van der Waals surface area contributed by atoms with Gasteiger partial charge in [-0.05, 0) is 47.9 Å². The number of hydrogen-bond donors (Lipinski definition) is 1. The first-order valence-corrected chi connectivity index (χ1v) is 7.39. The molecule has 0 unspecified atom stereocenters. The third kappa shape index (κ3) is 2.98.